The van der Waals surface area contributed by atoms with Crippen LogP contribution >= 0.6 is 0 Å². The van der Waals surface area contributed by atoms with Crippen LogP contribution in [0.15, 0.2) is 0 Å². The average Bonchev–Trinajstić information content (AvgIpc) is 2.57. The molecule has 1 aliphatic rings. The van der Waals surface area contributed by atoms with Gasteiger partial charge in [0.2, 0.25) is 11.8 Å². The summed E-state index contributed by atoms with van der Waals surface area (Å²) in [6.45, 7) is 4.66. The highest BCUT2D eigenvalue weighted by atomic mass is 16.5. The van der Waals surface area contributed by atoms with Gasteiger partial charge in [0.05, 0.1) is 25.6 Å². The van der Waals surface area contributed by atoms with E-state index in [0.717, 1.165) is 11.3 Å². The number of nitrogens with zero attached hydrogens (tertiary/aromatic N) is 2. The van der Waals surface area contributed by atoms with Crippen molar-refractivity contribution in [2.24, 2.45) is 0 Å². The van der Waals surface area contributed by atoms with Crippen LogP contribution in [-0.2, 0) is 19.1 Å². The summed E-state index contributed by atoms with van der Waals surface area (Å²) in [6.07, 6.45) is 0.954. The Morgan fingerprint density at radius 2 is 2.11 bits per heavy atom. The van der Waals surface area contributed by atoms with E-state index in [1.54, 1.807) is 11.8 Å². The van der Waals surface area contributed by atoms with Crippen molar-refractivity contribution in [1.82, 2.24) is 9.80 Å². The summed E-state index contributed by atoms with van der Waals surface area (Å²) in [5, 5.41) is 0. The predicted molar refractivity (Wildman–Crippen MR) is 64.7 cm³/mol. The zero-order valence-electron chi connectivity index (χ0n) is 11.1. The van der Waals surface area contributed by atoms with Crippen LogP contribution in [0.25, 0.3) is 0 Å². The quantitative estimate of drug-likeness (QED) is 0.495. The first-order valence-corrected chi connectivity index (χ1v) is 6.21. The Morgan fingerprint density at radius 1 is 1.44 bits per heavy atom. The number of amides is 2. The number of likely N-dealkylation sites (tertiary alicyclic amines) is 1. The topological polar surface area (TPSA) is 66.9 Å². The van der Waals surface area contributed by atoms with Gasteiger partial charge in [-0.2, -0.15) is 0 Å². The molecular weight excluding hydrogens is 236 g/mol. The molecule has 2 amide bonds. The van der Waals surface area contributed by atoms with Crippen molar-refractivity contribution in [3.8, 4) is 0 Å². The second-order valence-corrected chi connectivity index (χ2v) is 4.29. The van der Waals surface area contributed by atoms with E-state index in [2.05, 4.69) is 0 Å². The summed E-state index contributed by atoms with van der Waals surface area (Å²) in [5.41, 5.74) is 0. The average molecular weight is 256 g/mol. The lowest BCUT2D eigenvalue weighted by atomic mass is 10.2. The highest BCUT2D eigenvalue weighted by Gasteiger charge is 2.40. The number of rotatable bonds is 6. The highest BCUT2D eigenvalue weighted by Crippen LogP contribution is 2.17. The van der Waals surface area contributed by atoms with E-state index in [4.69, 9.17) is 4.74 Å². The Kier molecular flexibility index (Phi) is 5.27. The van der Waals surface area contributed by atoms with Crippen molar-refractivity contribution in [1.29, 1.82) is 0 Å². The molecule has 0 aromatic heterocycles. The molecule has 18 heavy (non-hydrogen) atoms. The largest absolute Gasteiger partial charge is 0.465 e. The standard InChI is InChI=1S/C12H20N2O4/c1-4-6-14(8-11(16)18-5-2)9-7-10(15)13(3)12(9)17/h9H,4-8H2,1-3H3. The Labute approximate surface area is 107 Å². The molecule has 1 aliphatic heterocycles. The summed E-state index contributed by atoms with van der Waals surface area (Å²) in [6, 6.07) is -0.521. The molecule has 0 N–H and O–H groups in total. The minimum absolute atomic E-state index is 0.0548. The molecule has 0 radical (unpaired) electrons. The maximum Gasteiger partial charge on any atom is 0.320 e. The monoisotopic (exact) mass is 256 g/mol. The van der Waals surface area contributed by atoms with E-state index in [-0.39, 0.29) is 30.7 Å². The molecule has 1 saturated heterocycles. The van der Waals surface area contributed by atoms with Gasteiger partial charge in [0.15, 0.2) is 0 Å². The van der Waals surface area contributed by atoms with Crippen LogP contribution < -0.4 is 0 Å². The molecule has 1 unspecified atom stereocenters. The molecule has 0 aliphatic carbocycles. The third-order valence-corrected chi connectivity index (χ3v) is 2.95. The fourth-order valence-corrected chi connectivity index (χ4v) is 2.03. The first-order valence-electron chi connectivity index (χ1n) is 6.21. The van der Waals surface area contributed by atoms with Crippen molar-refractivity contribution in [3.63, 3.8) is 0 Å². The van der Waals surface area contributed by atoms with Gasteiger partial charge in [-0.25, -0.2) is 0 Å². The van der Waals surface area contributed by atoms with Crippen LogP contribution in [0.1, 0.15) is 26.7 Å². The van der Waals surface area contributed by atoms with Gasteiger partial charge in [0.1, 0.15) is 0 Å². The van der Waals surface area contributed by atoms with Crippen LogP contribution in [0.4, 0.5) is 0 Å². The van der Waals surface area contributed by atoms with Gasteiger partial charge < -0.3 is 4.74 Å². The maximum atomic E-state index is 11.9. The molecule has 6 nitrogen and oxygen atoms in total. The van der Waals surface area contributed by atoms with Crippen molar-refractivity contribution < 1.29 is 19.1 Å². The maximum absolute atomic E-state index is 11.9. The summed E-state index contributed by atoms with van der Waals surface area (Å²) in [7, 11) is 1.47. The Hall–Kier alpha value is -1.43. The lowest BCUT2D eigenvalue weighted by Gasteiger charge is -2.25. The molecule has 0 saturated carbocycles. The van der Waals surface area contributed by atoms with Gasteiger partial charge in [0.25, 0.3) is 0 Å². The summed E-state index contributed by atoms with van der Waals surface area (Å²) in [5.74, 6) is -0.798. The van der Waals surface area contributed by atoms with Crippen molar-refractivity contribution in [2.45, 2.75) is 32.7 Å². The van der Waals surface area contributed by atoms with Crippen molar-refractivity contribution in [2.75, 3.05) is 26.7 Å². The summed E-state index contributed by atoms with van der Waals surface area (Å²) < 4.78 is 4.88. The van der Waals surface area contributed by atoms with Gasteiger partial charge >= 0.3 is 5.97 Å². The van der Waals surface area contributed by atoms with Crippen LogP contribution in [0.5, 0.6) is 0 Å². The van der Waals surface area contributed by atoms with Gasteiger partial charge in [0, 0.05) is 7.05 Å². The van der Waals surface area contributed by atoms with Gasteiger partial charge in [-0.05, 0) is 19.9 Å². The minimum atomic E-state index is -0.521. The minimum Gasteiger partial charge on any atom is -0.465 e. The Morgan fingerprint density at radius 3 is 2.56 bits per heavy atom. The second kappa shape index (κ2) is 6.49. The van der Waals surface area contributed by atoms with Crippen LogP contribution in [0.2, 0.25) is 0 Å². The van der Waals surface area contributed by atoms with Gasteiger partial charge in [-0.3, -0.25) is 24.2 Å². The van der Waals surface area contributed by atoms with Crippen molar-refractivity contribution in [3.05, 3.63) is 0 Å². The van der Waals surface area contributed by atoms with Crippen LogP contribution in [0, 0.1) is 0 Å². The number of hydrogen-bond donors (Lipinski definition) is 0. The third-order valence-electron chi connectivity index (χ3n) is 2.95. The molecular formula is C12H20N2O4. The normalized spacial score (nSPS) is 19.8. The fraction of sp³-hybridized carbons (Fsp3) is 0.750. The molecule has 0 aromatic rings. The molecule has 0 bridgehead atoms. The van der Waals surface area contributed by atoms with E-state index in [1.165, 1.54) is 7.05 Å². The van der Waals surface area contributed by atoms with Crippen molar-refractivity contribution >= 4 is 17.8 Å². The third kappa shape index (κ3) is 3.29. The summed E-state index contributed by atoms with van der Waals surface area (Å²) >= 11 is 0. The van der Waals surface area contributed by atoms with E-state index < -0.39 is 6.04 Å². The number of ether oxygens (including phenoxy) is 1. The zero-order valence-corrected chi connectivity index (χ0v) is 11.1. The first-order chi connectivity index (χ1) is 8.51. The lowest BCUT2D eigenvalue weighted by Crippen LogP contribution is -2.44. The number of carbonyl (C=O) groups excluding carboxylic acids is 3. The summed E-state index contributed by atoms with van der Waals surface area (Å²) in [4.78, 5) is 37.7. The second-order valence-electron chi connectivity index (χ2n) is 4.29. The number of likely N-dealkylation sites (N-methyl/N-ethyl adjacent to an activating group) is 1. The molecule has 102 valence electrons. The lowest BCUT2D eigenvalue weighted by molar-refractivity contribution is -0.145. The Balaban J connectivity index is 2.70. The van der Waals surface area contributed by atoms with E-state index >= 15 is 0 Å². The van der Waals surface area contributed by atoms with Gasteiger partial charge in [-0.1, -0.05) is 6.92 Å². The smallest absolute Gasteiger partial charge is 0.320 e. The van der Waals surface area contributed by atoms with Crippen LogP contribution in [-0.4, -0.2) is 60.4 Å². The molecule has 6 heteroatoms. The first kappa shape index (κ1) is 14.6. The number of hydrogen-bond acceptors (Lipinski definition) is 5. The molecule has 1 fully saturated rings. The molecule has 0 aromatic carbocycles. The highest BCUT2D eigenvalue weighted by molar-refractivity contribution is 6.05. The van der Waals surface area contributed by atoms with Gasteiger partial charge in [-0.15, -0.1) is 0 Å². The van der Waals surface area contributed by atoms with Crippen LogP contribution in [0.3, 0.4) is 0 Å². The SMILES string of the molecule is CCCN(CC(=O)OCC)C1CC(=O)N(C)C1=O. The molecule has 1 rings (SSSR count). The van der Waals surface area contributed by atoms with E-state index in [9.17, 15) is 14.4 Å². The van der Waals surface area contributed by atoms with E-state index in [0.29, 0.717) is 13.2 Å². The molecule has 1 atom stereocenters. The Bertz CT molecular complexity index is 343. The molecule has 1 heterocycles. The predicted octanol–water partition coefficient (Wildman–Crippen LogP) is 0.0188. The number of carbonyl (C=O) groups is 3. The van der Waals surface area contributed by atoms with E-state index in [1.807, 2.05) is 6.92 Å². The fourth-order valence-electron chi connectivity index (χ4n) is 2.03. The number of imide groups is 1. The zero-order chi connectivity index (χ0) is 13.7. The number of esters is 1. The molecule has 0 spiro atoms.